The molecule has 0 radical (unpaired) electrons. The molecule has 27 heavy (non-hydrogen) atoms. The van der Waals surface area contributed by atoms with Crippen LogP contribution in [0.25, 0.3) is 0 Å². The highest BCUT2D eigenvalue weighted by molar-refractivity contribution is 6.05. The van der Waals surface area contributed by atoms with Crippen molar-refractivity contribution in [1.82, 2.24) is 10.2 Å². The first kappa shape index (κ1) is 17.8. The quantitative estimate of drug-likeness (QED) is 0.837. The number of rotatable bonds is 2. The number of carbonyl (C=O) groups excluding carboxylic acids is 2. The van der Waals surface area contributed by atoms with Crippen LogP contribution < -0.4 is 5.32 Å². The van der Waals surface area contributed by atoms with Gasteiger partial charge in [-0.15, -0.1) is 0 Å². The SMILES string of the molecule is CC1=C(C(=O)N2CCOCC2)[C@H](c2cccc(O)c2)C2=C(CCCC2=O)N1. The summed E-state index contributed by atoms with van der Waals surface area (Å²) in [5.74, 6) is -0.304. The summed E-state index contributed by atoms with van der Waals surface area (Å²) < 4.78 is 5.37. The number of Topliss-reactive ketones (excluding diaryl/α,β-unsaturated/α-hetero) is 1. The summed E-state index contributed by atoms with van der Waals surface area (Å²) in [5.41, 5.74) is 3.74. The maximum absolute atomic E-state index is 13.4. The fraction of sp³-hybridized carbons (Fsp3) is 0.429. The molecule has 142 valence electrons. The number of hydrogen-bond acceptors (Lipinski definition) is 5. The maximum atomic E-state index is 13.4. The molecule has 2 aliphatic heterocycles. The normalized spacial score (nSPS) is 23.2. The van der Waals surface area contributed by atoms with Gasteiger partial charge in [0.1, 0.15) is 5.75 Å². The number of dihydropyridines is 1. The average molecular weight is 368 g/mol. The molecule has 1 fully saturated rings. The number of ether oxygens (including phenoxy) is 1. The fourth-order valence-electron chi connectivity index (χ4n) is 4.24. The number of benzene rings is 1. The standard InChI is InChI=1S/C21H24N2O4/c1-13-18(21(26)23-8-10-27-11-9-23)19(14-4-2-5-15(24)12-14)20-16(22-13)6-3-7-17(20)25/h2,4-5,12,19,22,24H,3,6-11H2,1H3/t19-/m0/s1. The van der Waals surface area contributed by atoms with E-state index >= 15 is 0 Å². The van der Waals surface area contributed by atoms with Gasteiger partial charge in [-0.1, -0.05) is 12.1 Å². The van der Waals surface area contributed by atoms with E-state index in [1.807, 2.05) is 13.0 Å². The minimum absolute atomic E-state index is 0.0680. The first-order chi connectivity index (χ1) is 13.1. The van der Waals surface area contributed by atoms with Crippen molar-refractivity contribution < 1.29 is 19.4 Å². The van der Waals surface area contributed by atoms with Crippen molar-refractivity contribution in [3.63, 3.8) is 0 Å². The molecule has 2 heterocycles. The van der Waals surface area contributed by atoms with E-state index in [1.54, 1.807) is 23.1 Å². The first-order valence-corrected chi connectivity index (χ1v) is 9.46. The molecule has 1 aromatic carbocycles. The molecule has 1 aliphatic carbocycles. The molecule has 6 nitrogen and oxygen atoms in total. The van der Waals surface area contributed by atoms with Crippen molar-refractivity contribution >= 4 is 11.7 Å². The molecule has 0 spiro atoms. The Kier molecular flexibility index (Phi) is 4.74. The van der Waals surface area contributed by atoms with Crippen LogP contribution in [-0.4, -0.2) is 48.0 Å². The molecule has 1 atom stereocenters. The lowest BCUT2D eigenvalue weighted by molar-refractivity contribution is -0.131. The van der Waals surface area contributed by atoms with Crippen LogP contribution in [0.5, 0.6) is 5.75 Å². The van der Waals surface area contributed by atoms with Gasteiger partial charge in [0.05, 0.1) is 13.2 Å². The molecule has 4 rings (SSSR count). The van der Waals surface area contributed by atoms with Gasteiger partial charge in [0, 0.05) is 48.0 Å². The van der Waals surface area contributed by atoms with Crippen molar-refractivity contribution in [3.8, 4) is 5.75 Å². The number of allylic oxidation sites excluding steroid dienone is 3. The number of phenolic OH excluding ortho intramolecular Hbond substituents is 1. The van der Waals surface area contributed by atoms with E-state index < -0.39 is 5.92 Å². The third kappa shape index (κ3) is 3.25. The first-order valence-electron chi connectivity index (χ1n) is 9.46. The van der Waals surface area contributed by atoms with E-state index in [1.165, 1.54) is 0 Å². The van der Waals surface area contributed by atoms with Gasteiger partial charge in [0.15, 0.2) is 5.78 Å². The van der Waals surface area contributed by atoms with E-state index in [0.717, 1.165) is 29.8 Å². The van der Waals surface area contributed by atoms with Gasteiger partial charge in [-0.05, 0) is 37.5 Å². The Morgan fingerprint density at radius 3 is 2.78 bits per heavy atom. The van der Waals surface area contributed by atoms with Crippen molar-refractivity contribution in [1.29, 1.82) is 0 Å². The number of morpholine rings is 1. The van der Waals surface area contributed by atoms with Gasteiger partial charge in [0.25, 0.3) is 5.91 Å². The molecule has 6 heteroatoms. The molecule has 0 saturated carbocycles. The third-order valence-corrected chi connectivity index (χ3v) is 5.51. The van der Waals surface area contributed by atoms with Crippen LogP contribution in [0.1, 0.15) is 37.7 Å². The molecule has 0 aromatic heterocycles. The Morgan fingerprint density at radius 2 is 2.04 bits per heavy atom. The summed E-state index contributed by atoms with van der Waals surface area (Å²) in [6.07, 6.45) is 2.11. The van der Waals surface area contributed by atoms with Crippen LogP contribution in [0.15, 0.2) is 46.8 Å². The monoisotopic (exact) mass is 368 g/mol. The fourth-order valence-corrected chi connectivity index (χ4v) is 4.24. The zero-order valence-corrected chi connectivity index (χ0v) is 15.5. The van der Waals surface area contributed by atoms with Crippen molar-refractivity contribution in [2.24, 2.45) is 0 Å². The Balaban J connectivity index is 1.82. The van der Waals surface area contributed by atoms with Gasteiger partial charge in [0.2, 0.25) is 0 Å². The summed E-state index contributed by atoms with van der Waals surface area (Å²) >= 11 is 0. The molecule has 3 aliphatic rings. The molecular formula is C21H24N2O4. The maximum Gasteiger partial charge on any atom is 0.252 e. The lowest BCUT2D eigenvalue weighted by atomic mass is 9.75. The summed E-state index contributed by atoms with van der Waals surface area (Å²) in [6.45, 7) is 4.03. The summed E-state index contributed by atoms with van der Waals surface area (Å²) in [4.78, 5) is 28.0. The zero-order valence-electron chi connectivity index (χ0n) is 15.5. The molecular weight excluding hydrogens is 344 g/mol. The van der Waals surface area contributed by atoms with Gasteiger partial charge in [-0.2, -0.15) is 0 Å². The van der Waals surface area contributed by atoms with Gasteiger partial charge < -0.3 is 20.1 Å². The number of phenols is 1. The van der Waals surface area contributed by atoms with E-state index in [2.05, 4.69) is 5.32 Å². The van der Waals surface area contributed by atoms with E-state index in [-0.39, 0.29) is 17.4 Å². The number of aromatic hydroxyl groups is 1. The molecule has 1 saturated heterocycles. The molecule has 0 bridgehead atoms. The number of ketones is 1. The van der Waals surface area contributed by atoms with E-state index in [0.29, 0.717) is 43.9 Å². The number of nitrogens with zero attached hydrogens (tertiary/aromatic N) is 1. The van der Waals surface area contributed by atoms with Crippen LogP contribution in [0, 0.1) is 0 Å². The third-order valence-electron chi connectivity index (χ3n) is 5.51. The molecule has 1 amide bonds. The molecule has 0 unspecified atom stereocenters. The van der Waals surface area contributed by atoms with Crippen LogP contribution in [0.3, 0.4) is 0 Å². The smallest absolute Gasteiger partial charge is 0.252 e. The second kappa shape index (κ2) is 7.19. The lowest BCUT2D eigenvalue weighted by Crippen LogP contribution is -2.44. The molecule has 1 aromatic rings. The highest BCUT2D eigenvalue weighted by atomic mass is 16.5. The highest BCUT2D eigenvalue weighted by Gasteiger charge is 2.39. The number of amides is 1. The van der Waals surface area contributed by atoms with E-state index in [4.69, 9.17) is 4.74 Å². The zero-order chi connectivity index (χ0) is 19.0. The Bertz CT molecular complexity index is 849. The lowest BCUT2D eigenvalue weighted by Gasteiger charge is -2.37. The Morgan fingerprint density at radius 1 is 1.26 bits per heavy atom. The van der Waals surface area contributed by atoms with Crippen LogP contribution >= 0.6 is 0 Å². The topological polar surface area (TPSA) is 78.9 Å². The summed E-state index contributed by atoms with van der Waals surface area (Å²) in [6, 6.07) is 6.89. The number of nitrogens with one attached hydrogen (secondary N) is 1. The van der Waals surface area contributed by atoms with E-state index in [9.17, 15) is 14.7 Å². The van der Waals surface area contributed by atoms with Crippen LogP contribution in [0.4, 0.5) is 0 Å². The summed E-state index contributed by atoms with van der Waals surface area (Å²) in [5, 5.41) is 13.3. The molecule has 2 N–H and O–H groups in total. The Labute approximate surface area is 158 Å². The minimum Gasteiger partial charge on any atom is -0.508 e. The highest BCUT2D eigenvalue weighted by Crippen LogP contribution is 2.43. The van der Waals surface area contributed by atoms with Crippen LogP contribution in [0.2, 0.25) is 0 Å². The Hall–Kier alpha value is -2.60. The predicted octanol–water partition coefficient (Wildman–Crippen LogP) is 2.22. The predicted molar refractivity (Wildman–Crippen MR) is 100.0 cm³/mol. The van der Waals surface area contributed by atoms with Crippen molar-refractivity contribution in [3.05, 3.63) is 52.4 Å². The second-order valence-electron chi connectivity index (χ2n) is 7.27. The number of carbonyl (C=O) groups is 2. The number of hydrogen-bond donors (Lipinski definition) is 2. The van der Waals surface area contributed by atoms with Gasteiger partial charge in [-0.25, -0.2) is 0 Å². The van der Waals surface area contributed by atoms with Crippen molar-refractivity contribution in [2.45, 2.75) is 32.1 Å². The average Bonchev–Trinajstić information content (AvgIpc) is 2.67. The van der Waals surface area contributed by atoms with Gasteiger partial charge in [-0.3, -0.25) is 9.59 Å². The minimum atomic E-state index is -0.448. The van der Waals surface area contributed by atoms with Crippen LogP contribution in [-0.2, 0) is 14.3 Å². The second-order valence-corrected chi connectivity index (χ2v) is 7.27. The van der Waals surface area contributed by atoms with Gasteiger partial charge >= 0.3 is 0 Å². The van der Waals surface area contributed by atoms with Crippen molar-refractivity contribution in [2.75, 3.05) is 26.3 Å². The summed E-state index contributed by atoms with van der Waals surface area (Å²) in [7, 11) is 0. The largest absolute Gasteiger partial charge is 0.508 e.